The van der Waals surface area contributed by atoms with Gasteiger partial charge in [-0.25, -0.2) is 0 Å². The highest BCUT2D eigenvalue weighted by Crippen LogP contribution is 2.35. The molecule has 0 saturated heterocycles. The van der Waals surface area contributed by atoms with E-state index in [1.165, 1.54) is 7.11 Å². The highest BCUT2D eigenvalue weighted by Gasteiger charge is 2.20. The summed E-state index contributed by atoms with van der Waals surface area (Å²) in [5, 5.41) is -0.511. The molecule has 88 valence electrons. The number of hydrogen-bond acceptors (Lipinski definition) is 2. The molecule has 0 N–H and O–H groups in total. The predicted octanol–water partition coefficient (Wildman–Crippen LogP) is 4.13. The molecule has 0 fully saturated rings. The van der Waals surface area contributed by atoms with Crippen LogP contribution >= 0.6 is 27.5 Å². The lowest BCUT2D eigenvalue weighted by Gasteiger charge is -2.21. The van der Waals surface area contributed by atoms with Gasteiger partial charge in [-0.3, -0.25) is 4.79 Å². The molecule has 0 radical (unpaired) electrons. The zero-order chi connectivity index (χ0) is 12.5. The van der Waals surface area contributed by atoms with Gasteiger partial charge in [-0.15, -0.1) is 0 Å². The first kappa shape index (κ1) is 13.5. The third kappa shape index (κ3) is 2.77. The van der Waals surface area contributed by atoms with Gasteiger partial charge < -0.3 is 4.74 Å². The van der Waals surface area contributed by atoms with E-state index < -0.39 is 5.24 Å². The van der Waals surface area contributed by atoms with Crippen molar-refractivity contribution in [2.75, 3.05) is 7.11 Å². The Kier molecular flexibility index (Phi) is 4.02. The predicted molar refractivity (Wildman–Crippen MR) is 69.6 cm³/mol. The van der Waals surface area contributed by atoms with E-state index in [1.54, 1.807) is 6.07 Å². The van der Waals surface area contributed by atoms with Gasteiger partial charge in [0.2, 0.25) is 0 Å². The van der Waals surface area contributed by atoms with E-state index in [-0.39, 0.29) is 5.41 Å². The Morgan fingerprint density at radius 1 is 1.38 bits per heavy atom. The fraction of sp³-hybridized carbons (Fsp3) is 0.417. The Morgan fingerprint density at radius 3 is 2.31 bits per heavy atom. The molecule has 0 aliphatic heterocycles. The summed E-state index contributed by atoms with van der Waals surface area (Å²) in [4.78, 5) is 11.3. The molecule has 0 aliphatic rings. The van der Waals surface area contributed by atoms with Gasteiger partial charge in [0.15, 0.2) is 0 Å². The number of hydrogen-bond donors (Lipinski definition) is 0. The normalized spacial score (nSPS) is 11.4. The van der Waals surface area contributed by atoms with E-state index in [0.29, 0.717) is 11.3 Å². The van der Waals surface area contributed by atoms with Crippen LogP contribution in [0.5, 0.6) is 5.75 Å². The largest absolute Gasteiger partial charge is 0.495 e. The summed E-state index contributed by atoms with van der Waals surface area (Å²) < 4.78 is 5.89. The van der Waals surface area contributed by atoms with Gasteiger partial charge in [-0.1, -0.05) is 20.8 Å². The smallest absolute Gasteiger partial charge is 0.256 e. The van der Waals surface area contributed by atoms with Gasteiger partial charge in [-0.05, 0) is 50.6 Å². The standard InChI is InChI=1S/C12H14BrClO2/c1-12(2,3)7-5-8(11(14)15)10(16-4)9(13)6-7/h5-6H,1-4H3. The average Bonchev–Trinajstić information content (AvgIpc) is 2.14. The van der Waals surface area contributed by atoms with Gasteiger partial charge in [0.25, 0.3) is 5.24 Å². The van der Waals surface area contributed by atoms with E-state index in [0.717, 1.165) is 10.0 Å². The molecule has 0 spiro atoms. The van der Waals surface area contributed by atoms with E-state index in [4.69, 9.17) is 16.3 Å². The van der Waals surface area contributed by atoms with Crippen LogP contribution in [0.2, 0.25) is 0 Å². The first-order valence-corrected chi connectivity index (χ1v) is 6.02. The number of carbonyl (C=O) groups is 1. The van der Waals surface area contributed by atoms with Gasteiger partial charge >= 0.3 is 0 Å². The molecular weight excluding hydrogens is 291 g/mol. The number of ether oxygens (including phenoxy) is 1. The molecule has 0 saturated carbocycles. The van der Waals surface area contributed by atoms with Crippen LogP contribution in [0.15, 0.2) is 16.6 Å². The molecule has 0 unspecified atom stereocenters. The van der Waals surface area contributed by atoms with Crippen LogP contribution in [0.1, 0.15) is 36.7 Å². The molecule has 0 bridgehead atoms. The van der Waals surface area contributed by atoms with E-state index in [9.17, 15) is 4.79 Å². The summed E-state index contributed by atoms with van der Waals surface area (Å²) in [5.41, 5.74) is 1.38. The van der Waals surface area contributed by atoms with Crippen LogP contribution in [-0.4, -0.2) is 12.4 Å². The highest BCUT2D eigenvalue weighted by molar-refractivity contribution is 9.10. The van der Waals surface area contributed by atoms with E-state index >= 15 is 0 Å². The molecule has 1 aromatic carbocycles. The number of benzene rings is 1. The summed E-state index contributed by atoms with van der Waals surface area (Å²) >= 11 is 8.92. The third-order valence-electron chi connectivity index (χ3n) is 2.33. The second kappa shape index (κ2) is 4.76. The summed E-state index contributed by atoms with van der Waals surface area (Å²) in [5.74, 6) is 0.480. The van der Waals surface area contributed by atoms with Crippen molar-refractivity contribution >= 4 is 32.8 Å². The van der Waals surface area contributed by atoms with Crippen molar-refractivity contribution in [3.8, 4) is 5.75 Å². The molecular formula is C12H14BrClO2. The Bertz CT molecular complexity index is 422. The monoisotopic (exact) mass is 304 g/mol. The average molecular weight is 306 g/mol. The zero-order valence-corrected chi connectivity index (χ0v) is 12.1. The van der Waals surface area contributed by atoms with Gasteiger partial charge in [-0.2, -0.15) is 0 Å². The first-order valence-electron chi connectivity index (χ1n) is 4.85. The lowest BCUT2D eigenvalue weighted by molar-refractivity contribution is 0.107. The minimum absolute atomic E-state index is 0.0458. The van der Waals surface area contributed by atoms with Crippen molar-refractivity contribution in [1.29, 1.82) is 0 Å². The van der Waals surface area contributed by atoms with Gasteiger partial charge in [0.05, 0.1) is 17.1 Å². The number of methoxy groups -OCH3 is 1. The molecule has 0 atom stereocenters. The van der Waals surface area contributed by atoms with Crippen LogP contribution in [-0.2, 0) is 5.41 Å². The molecule has 0 amide bonds. The molecule has 2 nitrogen and oxygen atoms in total. The molecule has 0 aromatic heterocycles. The van der Waals surface area contributed by atoms with Crippen LogP contribution in [0, 0.1) is 0 Å². The molecule has 1 rings (SSSR count). The topological polar surface area (TPSA) is 26.3 Å². The molecule has 16 heavy (non-hydrogen) atoms. The fourth-order valence-electron chi connectivity index (χ4n) is 1.38. The van der Waals surface area contributed by atoms with Crippen molar-refractivity contribution in [2.24, 2.45) is 0 Å². The van der Waals surface area contributed by atoms with Crippen molar-refractivity contribution < 1.29 is 9.53 Å². The minimum atomic E-state index is -0.511. The first-order chi connectivity index (χ1) is 7.27. The van der Waals surface area contributed by atoms with Crippen molar-refractivity contribution in [1.82, 2.24) is 0 Å². The second-order valence-corrected chi connectivity index (χ2v) is 5.76. The van der Waals surface area contributed by atoms with Crippen molar-refractivity contribution in [3.63, 3.8) is 0 Å². The maximum Gasteiger partial charge on any atom is 0.256 e. The van der Waals surface area contributed by atoms with Gasteiger partial charge in [0.1, 0.15) is 5.75 Å². The quantitative estimate of drug-likeness (QED) is 0.768. The molecule has 0 heterocycles. The molecule has 1 aromatic rings. The molecule has 0 aliphatic carbocycles. The SMILES string of the molecule is COc1c(Br)cc(C(C)(C)C)cc1C(=O)Cl. The van der Waals surface area contributed by atoms with Crippen molar-refractivity contribution in [3.05, 3.63) is 27.7 Å². The third-order valence-corrected chi connectivity index (χ3v) is 3.12. The highest BCUT2D eigenvalue weighted by atomic mass is 79.9. The Labute approximate surface area is 109 Å². The number of carbonyl (C=O) groups excluding carboxylic acids is 1. The number of rotatable bonds is 2. The summed E-state index contributed by atoms with van der Waals surface area (Å²) in [6.07, 6.45) is 0. The zero-order valence-electron chi connectivity index (χ0n) is 9.73. The Balaban J connectivity index is 3.46. The Hall–Kier alpha value is -0.540. The van der Waals surface area contributed by atoms with E-state index in [2.05, 4.69) is 36.7 Å². The number of halogens is 2. The minimum Gasteiger partial charge on any atom is -0.495 e. The summed E-state index contributed by atoms with van der Waals surface area (Å²) in [6, 6.07) is 3.72. The van der Waals surface area contributed by atoms with E-state index in [1.807, 2.05) is 6.07 Å². The summed E-state index contributed by atoms with van der Waals surface area (Å²) in [6.45, 7) is 6.22. The maximum absolute atomic E-state index is 11.3. The van der Waals surface area contributed by atoms with Crippen LogP contribution < -0.4 is 4.74 Å². The lowest BCUT2D eigenvalue weighted by Crippen LogP contribution is -2.12. The van der Waals surface area contributed by atoms with Crippen molar-refractivity contribution in [2.45, 2.75) is 26.2 Å². The second-order valence-electron chi connectivity index (χ2n) is 4.56. The Morgan fingerprint density at radius 2 is 1.94 bits per heavy atom. The lowest BCUT2D eigenvalue weighted by atomic mass is 9.86. The summed E-state index contributed by atoms with van der Waals surface area (Å²) in [7, 11) is 1.51. The van der Waals surface area contributed by atoms with Crippen LogP contribution in [0.3, 0.4) is 0 Å². The maximum atomic E-state index is 11.3. The van der Waals surface area contributed by atoms with Crippen LogP contribution in [0.4, 0.5) is 0 Å². The fourth-order valence-corrected chi connectivity index (χ4v) is 2.14. The molecule has 4 heteroatoms. The van der Waals surface area contributed by atoms with Gasteiger partial charge in [0, 0.05) is 0 Å². The van der Waals surface area contributed by atoms with Crippen LogP contribution in [0.25, 0.3) is 0 Å².